The maximum Gasteiger partial charge on any atom is 0.244 e. The number of hydrogen-bond acceptors (Lipinski definition) is 7. The Balaban J connectivity index is 1.50. The van der Waals surface area contributed by atoms with Crippen molar-refractivity contribution < 1.29 is 13.2 Å². The van der Waals surface area contributed by atoms with Gasteiger partial charge in [-0.25, -0.2) is 12.7 Å². The van der Waals surface area contributed by atoms with Gasteiger partial charge >= 0.3 is 0 Å². The van der Waals surface area contributed by atoms with Gasteiger partial charge in [0.25, 0.3) is 0 Å². The average Bonchev–Trinajstić information content (AvgIpc) is 3.27. The smallest absolute Gasteiger partial charge is 0.244 e. The molecule has 30 heavy (non-hydrogen) atoms. The van der Waals surface area contributed by atoms with Gasteiger partial charge in [-0.2, -0.15) is 0 Å². The first-order valence-corrected chi connectivity index (χ1v) is 12.3. The number of benzene rings is 2. The predicted molar refractivity (Wildman–Crippen MR) is 120 cm³/mol. The van der Waals surface area contributed by atoms with Crippen LogP contribution in [0, 0.1) is 0 Å². The normalized spacial score (nSPS) is 12.1. The van der Waals surface area contributed by atoms with Crippen molar-refractivity contribution in [3.63, 3.8) is 0 Å². The second-order valence-corrected chi connectivity index (χ2v) is 10.9. The summed E-state index contributed by atoms with van der Waals surface area (Å²) in [7, 11) is -0.893. The van der Waals surface area contributed by atoms with E-state index in [1.165, 1.54) is 49.3 Å². The van der Waals surface area contributed by atoms with Crippen LogP contribution in [0.15, 0.2) is 52.5 Å². The van der Waals surface area contributed by atoms with Crippen LogP contribution in [0.4, 0.5) is 5.69 Å². The Bertz CT molecular complexity index is 1360. The van der Waals surface area contributed by atoms with Crippen molar-refractivity contribution in [2.24, 2.45) is 0 Å². The standard InChI is InChI=1S/C18H16ClN5O3S3/c1-23(2)30(26,27)15-9-11(7-8-12(15)19)20-16(25)10-28-17-21-22-18-24(17)13-5-3-4-6-14(13)29-18/h3-9H,10H2,1-2H3,(H,20,25). The molecule has 8 nitrogen and oxygen atoms in total. The van der Waals surface area contributed by atoms with Crippen molar-refractivity contribution >= 4 is 71.5 Å². The second-order valence-electron chi connectivity index (χ2n) is 6.44. The molecule has 156 valence electrons. The molecule has 4 aromatic rings. The Hall–Kier alpha value is -2.18. The van der Waals surface area contributed by atoms with Gasteiger partial charge in [0.05, 0.1) is 21.0 Å². The number of carbonyl (C=O) groups is 1. The number of hydrogen-bond donors (Lipinski definition) is 1. The molecular weight excluding hydrogens is 466 g/mol. The summed E-state index contributed by atoms with van der Waals surface area (Å²) in [4.78, 5) is 13.1. The van der Waals surface area contributed by atoms with Crippen molar-refractivity contribution in [1.82, 2.24) is 18.9 Å². The Morgan fingerprint density at radius 3 is 2.77 bits per heavy atom. The number of sulfonamides is 1. The van der Waals surface area contributed by atoms with Crippen LogP contribution in [0.25, 0.3) is 15.2 Å². The zero-order valence-corrected chi connectivity index (χ0v) is 19.1. The number of thiazole rings is 1. The van der Waals surface area contributed by atoms with Gasteiger partial charge in [0.1, 0.15) is 4.90 Å². The number of rotatable bonds is 6. The van der Waals surface area contributed by atoms with Crippen molar-refractivity contribution in [3.8, 4) is 0 Å². The minimum absolute atomic E-state index is 0.0662. The molecule has 2 heterocycles. The third-order valence-electron chi connectivity index (χ3n) is 4.22. The molecule has 0 saturated heterocycles. The number of anilines is 1. The first kappa shape index (κ1) is 21.1. The Kier molecular flexibility index (Phi) is 5.73. The summed E-state index contributed by atoms with van der Waals surface area (Å²) in [5.41, 5.74) is 1.33. The molecule has 0 aliphatic heterocycles. The number of carbonyl (C=O) groups excluding carboxylic acids is 1. The molecule has 0 radical (unpaired) electrons. The first-order chi connectivity index (χ1) is 14.3. The summed E-state index contributed by atoms with van der Waals surface area (Å²) in [6.45, 7) is 0. The topological polar surface area (TPSA) is 96.7 Å². The lowest BCUT2D eigenvalue weighted by Crippen LogP contribution is -2.23. The van der Waals surface area contributed by atoms with Crippen molar-refractivity contribution in [2.45, 2.75) is 10.1 Å². The largest absolute Gasteiger partial charge is 0.325 e. The fourth-order valence-corrected chi connectivity index (χ4v) is 5.91. The molecule has 1 N–H and O–H groups in total. The van der Waals surface area contributed by atoms with Crippen LogP contribution in [0.3, 0.4) is 0 Å². The summed E-state index contributed by atoms with van der Waals surface area (Å²) in [6.07, 6.45) is 0. The van der Waals surface area contributed by atoms with Crippen LogP contribution in [-0.2, 0) is 14.8 Å². The van der Waals surface area contributed by atoms with Gasteiger partial charge < -0.3 is 5.32 Å². The Morgan fingerprint density at radius 2 is 2.00 bits per heavy atom. The van der Waals surface area contributed by atoms with E-state index in [1.54, 1.807) is 6.07 Å². The van der Waals surface area contributed by atoms with Crippen molar-refractivity contribution in [3.05, 3.63) is 47.5 Å². The number of amides is 1. The monoisotopic (exact) mass is 481 g/mol. The highest BCUT2D eigenvalue weighted by Crippen LogP contribution is 2.30. The number of nitrogens with one attached hydrogen (secondary N) is 1. The lowest BCUT2D eigenvalue weighted by Gasteiger charge is -2.14. The molecule has 12 heteroatoms. The van der Waals surface area contributed by atoms with Crippen LogP contribution in [0.1, 0.15) is 0 Å². The summed E-state index contributed by atoms with van der Waals surface area (Å²) in [5, 5.41) is 11.8. The molecule has 0 aliphatic carbocycles. The van der Waals surface area contributed by atoms with Gasteiger partial charge in [-0.05, 0) is 30.3 Å². The lowest BCUT2D eigenvalue weighted by atomic mass is 10.3. The maximum absolute atomic E-state index is 12.4. The number of nitrogens with zero attached hydrogens (tertiary/aromatic N) is 4. The van der Waals surface area contributed by atoms with Crippen molar-refractivity contribution in [2.75, 3.05) is 25.2 Å². The van der Waals surface area contributed by atoms with Crippen LogP contribution in [-0.4, -0.2) is 53.1 Å². The molecule has 2 aromatic carbocycles. The van der Waals surface area contributed by atoms with Crippen LogP contribution >= 0.6 is 34.7 Å². The molecular formula is C18H16ClN5O3S3. The van der Waals surface area contributed by atoms with Gasteiger partial charge in [0.2, 0.25) is 20.9 Å². The number of halogens is 1. The van der Waals surface area contributed by atoms with Gasteiger partial charge in [-0.3, -0.25) is 9.20 Å². The van der Waals surface area contributed by atoms with E-state index in [1.807, 2.05) is 28.7 Å². The van der Waals surface area contributed by atoms with Gasteiger partial charge in [-0.1, -0.05) is 46.8 Å². The van der Waals surface area contributed by atoms with E-state index >= 15 is 0 Å². The minimum atomic E-state index is -3.73. The third kappa shape index (κ3) is 3.91. The van der Waals surface area contributed by atoms with Gasteiger partial charge in [0, 0.05) is 19.8 Å². The molecule has 0 unspecified atom stereocenters. The fourth-order valence-electron chi connectivity index (χ4n) is 2.75. The molecule has 2 aromatic heterocycles. The number of para-hydroxylation sites is 1. The van der Waals surface area contributed by atoms with Crippen LogP contribution in [0.5, 0.6) is 0 Å². The quantitative estimate of drug-likeness (QED) is 0.423. The lowest BCUT2D eigenvalue weighted by molar-refractivity contribution is -0.113. The number of fused-ring (bicyclic) bond motifs is 3. The summed E-state index contributed by atoms with van der Waals surface area (Å²) in [5.74, 6) is -0.213. The summed E-state index contributed by atoms with van der Waals surface area (Å²) in [6, 6.07) is 12.2. The summed E-state index contributed by atoms with van der Waals surface area (Å²) < 4.78 is 28.8. The molecule has 0 bridgehead atoms. The number of aromatic nitrogens is 3. The minimum Gasteiger partial charge on any atom is -0.325 e. The fraction of sp³-hybridized carbons (Fsp3) is 0.167. The molecule has 0 spiro atoms. The SMILES string of the molecule is CN(C)S(=O)(=O)c1cc(NC(=O)CSc2nnc3sc4ccccc4n23)ccc1Cl. The number of thioether (sulfide) groups is 1. The van der Waals surface area contributed by atoms with Crippen molar-refractivity contribution in [1.29, 1.82) is 0 Å². The van der Waals surface area contributed by atoms with E-state index < -0.39 is 10.0 Å². The third-order valence-corrected chi connectivity index (χ3v) is 8.45. The van der Waals surface area contributed by atoms with E-state index in [2.05, 4.69) is 15.5 Å². The second kappa shape index (κ2) is 8.16. The zero-order valence-electron chi connectivity index (χ0n) is 15.9. The van der Waals surface area contributed by atoms with E-state index in [4.69, 9.17) is 11.6 Å². The van der Waals surface area contributed by atoms with E-state index in [-0.39, 0.29) is 21.6 Å². The van der Waals surface area contributed by atoms with Crippen LogP contribution in [0.2, 0.25) is 5.02 Å². The van der Waals surface area contributed by atoms with Gasteiger partial charge in [0.15, 0.2) is 5.16 Å². The first-order valence-electron chi connectivity index (χ1n) is 8.65. The zero-order chi connectivity index (χ0) is 21.5. The van der Waals surface area contributed by atoms with Crippen LogP contribution < -0.4 is 5.32 Å². The maximum atomic E-state index is 12.4. The molecule has 4 rings (SSSR count). The molecule has 0 saturated carbocycles. The Morgan fingerprint density at radius 1 is 1.23 bits per heavy atom. The molecule has 0 atom stereocenters. The average molecular weight is 482 g/mol. The van der Waals surface area contributed by atoms with Gasteiger partial charge in [-0.15, -0.1) is 10.2 Å². The van der Waals surface area contributed by atoms with E-state index in [9.17, 15) is 13.2 Å². The predicted octanol–water partition coefficient (Wildman–Crippen LogP) is 3.58. The van der Waals surface area contributed by atoms with E-state index in [0.717, 1.165) is 19.5 Å². The highest BCUT2D eigenvalue weighted by molar-refractivity contribution is 7.99. The van der Waals surface area contributed by atoms with E-state index in [0.29, 0.717) is 10.8 Å². The summed E-state index contributed by atoms with van der Waals surface area (Å²) >= 11 is 8.82. The molecule has 0 aliphatic rings. The Labute approximate surface area is 185 Å². The molecule has 1 amide bonds. The highest BCUT2D eigenvalue weighted by atomic mass is 35.5. The molecule has 0 fully saturated rings. The highest BCUT2D eigenvalue weighted by Gasteiger charge is 2.21.